The van der Waals surface area contributed by atoms with Crippen LogP contribution in [0, 0.1) is 11.3 Å². The molecule has 0 spiro atoms. The van der Waals surface area contributed by atoms with E-state index in [9.17, 15) is 14.9 Å². The van der Waals surface area contributed by atoms with Crippen molar-refractivity contribution >= 4 is 17.6 Å². The van der Waals surface area contributed by atoms with Crippen molar-refractivity contribution in [3.05, 3.63) is 51.4 Å². The number of carbonyl (C=O) groups is 1. The number of pyridine rings is 1. The minimum absolute atomic E-state index is 0.256. The van der Waals surface area contributed by atoms with Gasteiger partial charge in [0.2, 0.25) is 0 Å². The molecule has 31 heavy (non-hydrogen) atoms. The second kappa shape index (κ2) is 10.5. The zero-order valence-electron chi connectivity index (χ0n) is 18.4. The maximum absolute atomic E-state index is 13.1. The van der Waals surface area contributed by atoms with Gasteiger partial charge in [-0.1, -0.05) is 11.6 Å². The van der Waals surface area contributed by atoms with E-state index in [2.05, 4.69) is 6.07 Å². The summed E-state index contributed by atoms with van der Waals surface area (Å²) in [6.45, 7) is 7.91. The fourth-order valence-corrected chi connectivity index (χ4v) is 3.23. The van der Waals surface area contributed by atoms with Crippen molar-refractivity contribution in [3.8, 4) is 22.9 Å². The minimum atomic E-state index is -0.893. The summed E-state index contributed by atoms with van der Waals surface area (Å²) >= 11 is 6.11. The first-order chi connectivity index (χ1) is 14.6. The molecule has 1 atom stereocenters. The fourth-order valence-electron chi connectivity index (χ4n) is 3.06. The van der Waals surface area contributed by atoms with Gasteiger partial charge in [0.25, 0.3) is 5.56 Å². The lowest BCUT2D eigenvalue weighted by Crippen LogP contribution is -2.35. The molecule has 166 valence electrons. The molecule has 1 aromatic carbocycles. The number of benzene rings is 1. The van der Waals surface area contributed by atoms with Crippen molar-refractivity contribution in [3.63, 3.8) is 0 Å². The van der Waals surface area contributed by atoms with Gasteiger partial charge in [-0.15, -0.1) is 0 Å². The van der Waals surface area contributed by atoms with Crippen molar-refractivity contribution in [2.75, 3.05) is 20.3 Å². The predicted octanol–water partition coefficient (Wildman–Crippen LogP) is 4.36. The molecule has 2 rings (SSSR count). The molecule has 0 N–H and O–H groups in total. The third-order valence-electron chi connectivity index (χ3n) is 4.41. The topological polar surface area (TPSA) is 90.5 Å². The van der Waals surface area contributed by atoms with Gasteiger partial charge in [-0.25, -0.2) is 4.79 Å². The Morgan fingerprint density at radius 3 is 2.55 bits per heavy atom. The van der Waals surface area contributed by atoms with Gasteiger partial charge in [-0.05, 0) is 45.9 Å². The van der Waals surface area contributed by atoms with E-state index in [0.29, 0.717) is 34.1 Å². The molecule has 0 bridgehead atoms. The first-order valence-corrected chi connectivity index (χ1v) is 10.3. The maximum atomic E-state index is 13.1. The average Bonchev–Trinajstić information content (AvgIpc) is 2.70. The lowest BCUT2D eigenvalue weighted by Gasteiger charge is -2.25. The Labute approximate surface area is 187 Å². The van der Waals surface area contributed by atoms with Crippen molar-refractivity contribution < 1.29 is 19.0 Å². The zero-order valence-corrected chi connectivity index (χ0v) is 19.2. The Bertz CT molecular complexity index is 1030. The number of methoxy groups -OCH3 is 1. The molecule has 1 aromatic heterocycles. The molecule has 8 heteroatoms. The van der Waals surface area contributed by atoms with Gasteiger partial charge in [-0.2, -0.15) is 5.26 Å². The highest BCUT2D eigenvalue weighted by molar-refractivity contribution is 6.31. The lowest BCUT2D eigenvalue weighted by atomic mass is 10.00. The lowest BCUT2D eigenvalue weighted by molar-refractivity contribution is -0.159. The largest absolute Gasteiger partial charge is 0.495 e. The number of halogens is 1. The van der Waals surface area contributed by atoms with E-state index in [1.54, 1.807) is 39.0 Å². The summed E-state index contributed by atoms with van der Waals surface area (Å²) in [4.78, 5) is 25.9. The van der Waals surface area contributed by atoms with E-state index in [1.165, 1.54) is 23.9 Å². The molecule has 0 radical (unpaired) electrons. The van der Waals surface area contributed by atoms with Crippen LogP contribution in [0.2, 0.25) is 5.02 Å². The van der Waals surface area contributed by atoms with Crippen molar-refractivity contribution in [1.29, 1.82) is 5.26 Å². The van der Waals surface area contributed by atoms with Gasteiger partial charge in [0.05, 0.1) is 24.9 Å². The maximum Gasteiger partial charge on any atom is 0.329 e. The molecule has 7 nitrogen and oxygen atoms in total. The average molecular weight is 447 g/mol. The van der Waals surface area contributed by atoms with Crippen LogP contribution in [0.3, 0.4) is 0 Å². The Hall–Kier alpha value is -2.82. The van der Waals surface area contributed by atoms with E-state index in [-0.39, 0.29) is 13.0 Å². The molecular weight excluding hydrogens is 420 g/mol. The summed E-state index contributed by atoms with van der Waals surface area (Å²) in [7, 11) is 1.45. The SMILES string of the molecule is CCOCCC(C(=O)OC(C)(C)C)n1cc(OC)c(-c2cc(Cl)ccc2C#N)cc1=O. The Balaban J connectivity index is 2.59. The van der Waals surface area contributed by atoms with Crippen LogP contribution in [0.1, 0.15) is 45.7 Å². The Kier molecular flexibility index (Phi) is 8.26. The third kappa shape index (κ3) is 6.33. The number of rotatable bonds is 8. The number of nitriles is 1. The van der Waals surface area contributed by atoms with Crippen LogP contribution in [0.5, 0.6) is 5.75 Å². The number of carbonyl (C=O) groups excluding carboxylic acids is 1. The quantitative estimate of drug-likeness (QED) is 0.442. The van der Waals surface area contributed by atoms with Crippen molar-refractivity contribution in [1.82, 2.24) is 4.57 Å². The second-order valence-corrected chi connectivity index (χ2v) is 8.27. The fraction of sp³-hybridized carbons (Fsp3) is 0.435. The number of hydrogen-bond acceptors (Lipinski definition) is 6. The van der Waals surface area contributed by atoms with Gasteiger partial charge >= 0.3 is 5.97 Å². The van der Waals surface area contributed by atoms with E-state index in [0.717, 1.165) is 0 Å². The van der Waals surface area contributed by atoms with Gasteiger partial charge in [0.1, 0.15) is 17.4 Å². The third-order valence-corrected chi connectivity index (χ3v) is 4.65. The smallest absolute Gasteiger partial charge is 0.329 e. The molecule has 0 saturated carbocycles. The summed E-state index contributed by atoms with van der Waals surface area (Å²) in [5.41, 5.74) is 0.0820. The van der Waals surface area contributed by atoms with Crippen LogP contribution in [0.25, 0.3) is 11.1 Å². The van der Waals surface area contributed by atoms with Crippen LogP contribution in [-0.4, -0.2) is 36.5 Å². The summed E-state index contributed by atoms with van der Waals surface area (Å²) < 4.78 is 17.7. The number of nitrogens with zero attached hydrogens (tertiary/aromatic N) is 2. The number of hydrogen-bond donors (Lipinski definition) is 0. The van der Waals surface area contributed by atoms with Gasteiger partial charge in [-0.3, -0.25) is 9.36 Å². The van der Waals surface area contributed by atoms with Crippen molar-refractivity contribution in [2.24, 2.45) is 0 Å². The second-order valence-electron chi connectivity index (χ2n) is 7.84. The highest BCUT2D eigenvalue weighted by Crippen LogP contribution is 2.33. The molecule has 0 fully saturated rings. The molecular formula is C23H27ClN2O5. The Morgan fingerprint density at radius 1 is 1.26 bits per heavy atom. The highest BCUT2D eigenvalue weighted by Gasteiger charge is 2.28. The first kappa shape index (κ1) is 24.4. The molecule has 0 aliphatic carbocycles. The monoisotopic (exact) mass is 446 g/mol. The van der Waals surface area contributed by atoms with Crippen LogP contribution in [0.4, 0.5) is 0 Å². The highest BCUT2D eigenvalue weighted by atomic mass is 35.5. The van der Waals surface area contributed by atoms with Crippen LogP contribution in [-0.2, 0) is 14.3 Å². The van der Waals surface area contributed by atoms with Gasteiger partial charge in [0.15, 0.2) is 0 Å². The van der Waals surface area contributed by atoms with E-state index in [1.807, 2.05) is 6.92 Å². The standard InChI is InChI=1S/C23H27ClN2O5/c1-6-30-10-9-19(22(28)31-23(2,3)4)26-14-20(29-5)18(12-21(26)27)17-11-16(24)8-7-15(17)13-25/h7-8,11-12,14,19H,6,9-10H2,1-5H3. The predicted molar refractivity (Wildman–Crippen MR) is 118 cm³/mol. The normalized spacial score (nSPS) is 12.2. The summed E-state index contributed by atoms with van der Waals surface area (Å²) in [6.07, 6.45) is 1.71. The molecule has 0 saturated heterocycles. The number of esters is 1. The summed E-state index contributed by atoms with van der Waals surface area (Å²) in [5, 5.41) is 9.88. The van der Waals surface area contributed by atoms with Crippen LogP contribution < -0.4 is 10.3 Å². The van der Waals surface area contributed by atoms with Gasteiger partial charge in [0, 0.05) is 41.9 Å². The van der Waals surface area contributed by atoms with Crippen LogP contribution >= 0.6 is 11.6 Å². The Morgan fingerprint density at radius 2 is 1.97 bits per heavy atom. The molecule has 1 heterocycles. The molecule has 0 aliphatic heterocycles. The number of aromatic nitrogens is 1. The summed E-state index contributed by atoms with van der Waals surface area (Å²) in [5.74, 6) is -0.215. The summed E-state index contributed by atoms with van der Waals surface area (Å²) in [6, 6.07) is 7.32. The molecule has 1 unspecified atom stereocenters. The molecule has 2 aromatic rings. The number of ether oxygens (including phenoxy) is 3. The van der Waals surface area contributed by atoms with E-state index < -0.39 is 23.2 Å². The van der Waals surface area contributed by atoms with Crippen LogP contribution in [0.15, 0.2) is 35.3 Å². The van der Waals surface area contributed by atoms with E-state index in [4.69, 9.17) is 25.8 Å². The van der Waals surface area contributed by atoms with Gasteiger partial charge < -0.3 is 14.2 Å². The van der Waals surface area contributed by atoms with Crippen molar-refractivity contribution in [2.45, 2.75) is 45.8 Å². The molecule has 0 amide bonds. The zero-order chi connectivity index (χ0) is 23.2. The molecule has 0 aliphatic rings. The van der Waals surface area contributed by atoms with E-state index >= 15 is 0 Å². The minimum Gasteiger partial charge on any atom is -0.495 e. The first-order valence-electron chi connectivity index (χ1n) is 9.92.